The maximum atomic E-state index is 12.3. The lowest BCUT2D eigenvalue weighted by atomic mass is 10.2. The van der Waals surface area contributed by atoms with Crippen molar-refractivity contribution >= 4 is 75.5 Å². The van der Waals surface area contributed by atoms with Crippen LogP contribution in [0, 0.1) is 0 Å². The van der Waals surface area contributed by atoms with E-state index in [0.717, 1.165) is 18.8 Å². The van der Waals surface area contributed by atoms with Crippen molar-refractivity contribution < 1.29 is 13.9 Å². The topological polar surface area (TPSA) is 66.7 Å². The maximum absolute atomic E-state index is 12.3. The van der Waals surface area contributed by atoms with Gasteiger partial charge >= 0.3 is 0 Å². The summed E-state index contributed by atoms with van der Waals surface area (Å²) in [6, 6.07) is 14.3. The second kappa shape index (κ2) is 11.3. The highest BCUT2D eigenvalue weighted by Gasteiger charge is 2.15. The smallest absolute Gasteiger partial charge is 0.250 e. The molecule has 1 aliphatic heterocycles. The third kappa shape index (κ3) is 6.11. The lowest BCUT2D eigenvalue weighted by molar-refractivity contribution is -0.115. The normalized spacial score (nSPS) is 13.8. The van der Waals surface area contributed by atoms with Gasteiger partial charge in [0.2, 0.25) is 5.91 Å². The summed E-state index contributed by atoms with van der Waals surface area (Å²) in [7, 11) is 0. The zero-order valence-corrected chi connectivity index (χ0v) is 20.9. The first-order valence-electron chi connectivity index (χ1n) is 10.4. The number of ether oxygens (including phenoxy) is 1. The summed E-state index contributed by atoms with van der Waals surface area (Å²) in [5.74, 6) is 0.611. The van der Waals surface area contributed by atoms with E-state index in [-0.39, 0.29) is 5.11 Å². The van der Waals surface area contributed by atoms with Crippen LogP contribution < -0.4 is 15.5 Å². The van der Waals surface area contributed by atoms with E-state index in [2.05, 4.69) is 15.5 Å². The molecule has 0 unspecified atom stereocenters. The minimum atomic E-state index is -0.410. The number of anilines is 2. The summed E-state index contributed by atoms with van der Waals surface area (Å²) in [5.41, 5.74) is 2.28. The molecule has 176 valence electrons. The summed E-state index contributed by atoms with van der Waals surface area (Å²) in [6.45, 7) is 2.93. The predicted octanol–water partition coefficient (Wildman–Crippen LogP) is 6.27. The molecule has 0 radical (unpaired) electrons. The number of rotatable bonds is 5. The van der Waals surface area contributed by atoms with E-state index in [0.29, 0.717) is 51.1 Å². The second-order valence-corrected chi connectivity index (χ2v) is 8.95. The first-order valence-corrected chi connectivity index (χ1v) is 11.9. The molecule has 2 N–H and O–H groups in total. The van der Waals surface area contributed by atoms with Gasteiger partial charge in [-0.05, 0) is 60.8 Å². The summed E-state index contributed by atoms with van der Waals surface area (Å²) < 4.78 is 11.1. The molecule has 1 fully saturated rings. The fourth-order valence-electron chi connectivity index (χ4n) is 3.40. The van der Waals surface area contributed by atoms with Crippen molar-refractivity contribution in [2.24, 2.45) is 0 Å². The molecule has 34 heavy (non-hydrogen) atoms. The first-order chi connectivity index (χ1) is 16.4. The molecule has 1 aromatic heterocycles. The number of hydrogen-bond acceptors (Lipinski definition) is 5. The molecule has 6 nitrogen and oxygen atoms in total. The van der Waals surface area contributed by atoms with Gasteiger partial charge in [0.15, 0.2) is 5.11 Å². The average Bonchev–Trinajstić information content (AvgIpc) is 3.29. The summed E-state index contributed by atoms with van der Waals surface area (Å²) >= 11 is 24.0. The Balaban J connectivity index is 1.33. The number of morpholine rings is 1. The molecule has 1 amide bonds. The molecule has 4 rings (SSSR count). The molecule has 1 saturated heterocycles. The Kier molecular flexibility index (Phi) is 8.13. The summed E-state index contributed by atoms with van der Waals surface area (Å²) in [4.78, 5) is 14.4. The van der Waals surface area contributed by atoms with Crippen molar-refractivity contribution in [2.45, 2.75) is 0 Å². The Labute approximate surface area is 217 Å². The number of furan rings is 1. The number of carbonyl (C=O) groups excluding carboxylic acids is 1. The van der Waals surface area contributed by atoms with E-state index in [4.69, 9.17) is 56.2 Å². The largest absolute Gasteiger partial charge is 0.457 e. The molecule has 0 bridgehead atoms. The molecular formula is C24H20Cl3N3O3S. The van der Waals surface area contributed by atoms with Gasteiger partial charge < -0.3 is 19.4 Å². The van der Waals surface area contributed by atoms with Gasteiger partial charge in [-0.15, -0.1) is 0 Å². The zero-order chi connectivity index (χ0) is 24.1. The van der Waals surface area contributed by atoms with Crippen LogP contribution in [-0.4, -0.2) is 37.3 Å². The number of carbonyl (C=O) groups is 1. The van der Waals surface area contributed by atoms with Crippen molar-refractivity contribution in [3.8, 4) is 11.3 Å². The van der Waals surface area contributed by atoms with E-state index in [1.54, 1.807) is 36.4 Å². The molecule has 2 aromatic carbocycles. The number of nitrogens with one attached hydrogen (secondary N) is 2. The van der Waals surface area contributed by atoms with Gasteiger partial charge in [0.1, 0.15) is 11.5 Å². The van der Waals surface area contributed by atoms with Crippen molar-refractivity contribution in [1.82, 2.24) is 5.32 Å². The van der Waals surface area contributed by atoms with Crippen LogP contribution in [0.25, 0.3) is 17.4 Å². The molecule has 2 heterocycles. The minimum Gasteiger partial charge on any atom is -0.457 e. The van der Waals surface area contributed by atoms with Crippen LogP contribution in [0.5, 0.6) is 0 Å². The van der Waals surface area contributed by atoms with Gasteiger partial charge in [0, 0.05) is 30.4 Å². The van der Waals surface area contributed by atoms with E-state index >= 15 is 0 Å². The quantitative estimate of drug-likeness (QED) is 0.296. The molecule has 0 aliphatic carbocycles. The molecular weight excluding hydrogens is 517 g/mol. The van der Waals surface area contributed by atoms with Crippen LogP contribution in [0.3, 0.4) is 0 Å². The number of amides is 1. The zero-order valence-electron chi connectivity index (χ0n) is 17.8. The maximum Gasteiger partial charge on any atom is 0.250 e. The SMILES string of the molecule is O=C(C=Cc1ccc(-c2cccc(Cl)c2Cl)o1)NC(=S)Nc1ccc(N2CCOCC2)c(Cl)c1. The van der Waals surface area contributed by atoms with Gasteiger partial charge in [-0.2, -0.15) is 0 Å². The minimum absolute atomic E-state index is 0.149. The highest BCUT2D eigenvalue weighted by atomic mass is 35.5. The molecule has 10 heteroatoms. The van der Waals surface area contributed by atoms with E-state index < -0.39 is 5.91 Å². The molecule has 3 aromatic rings. The van der Waals surface area contributed by atoms with Crippen LogP contribution in [-0.2, 0) is 9.53 Å². The van der Waals surface area contributed by atoms with Crippen molar-refractivity contribution in [3.05, 3.63) is 75.4 Å². The first kappa shape index (κ1) is 24.6. The number of benzene rings is 2. The number of nitrogens with zero attached hydrogens (tertiary/aromatic N) is 1. The van der Waals surface area contributed by atoms with Gasteiger partial charge in [0.25, 0.3) is 0 Å². The Morgan fingerprint density at radius 2 is 1.82 bits per heavy atom. The highest BCUT2D eigenvalue weighted by Crippen LogP contribution is 2.34. The summed E-state index contributed by atoms with van der Waals surface area (Å²) in [6.07, 6.45) is 2.86. The van der Waals surface area contributed by atoms with E-state index in [1.807, 2.05) is 12.1 Å². The number of thiocarbonyl (C=S) groups is 1. The van der Waals surface area contributed by atoms with Gasteiger partial charge in [-0.1, -0.05) is 40.9 Å². The molecule has 0 saturated carbocycles. The van der Waals surface area contributed by atoms with Crippen LogP contribution >= 0.6 is 47.0 Å². The summed E-state index contributed by atoms with van der Waals surface area (Å²) in [5, 5.41) is 7.14. The fourth-order valence-corrected chi connectivity index (χ4v) is 4.31. The molecule has 0 spiro atoms. The molecule has 0 atom stereocenters. The Morgan fingerprint density at radius 1 is 1.03 bits per heavy atom. The van der Waals surface area contributed by atoms with Crippen LogP contribution in [0.2, 0.25) is 15.1 Å². The number of hydrogen-bond donors (Lipinski definition) is 2. The van der Waals surface area contributed by atoms with Crippen LogP contribution in [0.4, 0.5) is 11.4 Å². The lowest BCUT2D eigenvalue weighted by Crippen LogP contribution is -2.36. The Hall–Kier alpha value is -2.55. The average molecular weight is 537 g/mol. The van der Waals surface area contributed by atoms with Crippen molar-refractivity contribution in [3.63, 3.8) is 0 Å². The number of halogens is 3. The third-order valence-corrected chi connectivity index (χ3v) is 6.36. The van der Waals surface area contributed by atoms with Gasteiger partial charge in [-0.3, -0.25) is 10.1 Å². The lowest BCUT2D eigenvalue weighted by Gasteiger charge is -2.29. The Bertz CT molecular complexity index is 1240. The molecule has 1 aliphatic rings. The van der Waals surface area contributed by atoms with E-state index in [1.165, 1.54) is 12.2 Å². The van der Waals surface area contributed by atoms with Crippen molar-refractivity contribution in [2.75, 3.05) is 36.5 Å². The van der Waals surface area contributed by atoms with Gasteiger partial charge in [0.05, 0.1) is 34.0 Å². The van der Waals surface area contributed by atoms with E-state index in [9.17, 15) is 4.79 Å². The van der Waals surface area contributed by atoms with Crippen LogP contribution in [0.1, 0.15) is 5.76 Å². The standard InChI is InChI=1S/C24H20Cl3N3O3S/c25-18-3-1-2-17(23(18)27)21-8-5-16(33-21)6-9-22(31)29-24(34)28-15-4-7-20(19(26)14-15)30-10-12-32-13-11-30/h1-9,14H,10-13H2,(H2,28,29,31,34). The van der Waals surface area contributed by atoms with Gasteiger partial charge in [-0.25, -0.2) is 0 Å². The highest BCUT2D eigenvalue weighted by molar-refractivity contribution is 7.80. The Morgan fingerprint density at radius 3 is 2.59 bits per heavy atom. The fraction of sp³-hybridized carbons (Fsp3) is 0.167. The second-order valence-electron chi connectivity index (χ2n) is 7.35. The van der Waals surface area contributed by atoms with Crippen molar-refractivity contribution in [1.29, 1.82) is 0 Å². The predicted molar refractivity (Wildman–Crippen MR) is 142 cm³/mol. The van der Waals surface area contributed by atoms with Crippen LogP contribution in [0.15, 0.2) is 59.0 Å². The third-order valence-electron chi connectivity index (χ3n) is 5.04. The monoisotopic (exact) mass is 535 g/mol.